The van der Waals surface area contributed by atoms with Gasteiger partial charge < -0.3 is 24.1 Å². The van der Waals surface area contributed by atoms with E-state index >= 15 is 0 Å². The van der Waals surface area contributed by atoms with E-state index in [9.17, 15) is 9.59 Å². The summed E-state index contributed by atoms with van der Waals surface area (Å²) in [6.45, 7) is 6.41. The molecule has 30 heavy (non-hydrogen) atoms. The predicted molar refractivity (Wildman–Crippen MR) is 110 cm³/mol. The van der Waals surface area contributed by atoms with Gasteiger partial charge in [-0.25, -0.2) is 0 Å². The summed E-state index contributed by atoms with van der Waals surface area (Å²) in [5, 5.41) is 3.23. The molecule has 2 aromatic rings. The van der Waals surface area contributed by atoms with Crippen molar-refractivity contribution in [2.75, 3.05) is 26.3 Å². The Morgan fingerprint density at radius 2 is 1.80 bits per heavy atom. The highest BCUT2D eigenvalue weighted by Gasteiger charge is 2.30. The SMILES string of the molecule is CC(C)C(NC(=O)C1CCN(C(=O)c2ccoc2)CC1)c1ccc2c(c1)OCCO2. The van der Waals surface area contributed by atoms with Crippen molar-refractivity contribution in [2.45, 2.75) is 32.7 Å². The highest BCUT2D eigenvalue weighted by atomic mass is 16.6. The first-order valence-electron chi connectivity index (χ1n) is 10.5. The Morgan fingerprint density at radius 3 is 2.47 bits per heavy atom. The number of ether oxygens (including phenoxy) is 2. The van der Waals surface area contributed by atoms with E-state index in [1.165, 1.54) is 12.5 Å². The third kappa shape index (κ3) is 4.30. The second kappa shape index (κ2) is 8.81. The number of hydrogen-bond acceptors (Lipinski definition) is 5. The van der Waals surface area contributed by atoms with Crippen LogP contribution in [0.3, 0.4) is 0 Å². The lowest BCUT2D eigenvalue weighted by molar-refractivity contribution is -0.127. The highest BCUT2D eigenvalue weighted by molar-refractivity contribution is 5.94. The molecule has 0 radical (unpaired) electrons. The number of hydrogen-bond donors (Lipinski definition) is 1. The van der Waals surface area contributed by atoms with Crippen molar-refractivity contribution < 1.29 is 23.5 Å². The van der Waals surface area contributed by atoms with E-state index in [0.717, 1.165) is 17.1 Å². The van der Waals surface area contributed by atoms with Crippen molar-refractivity contribution in [1.29, 1.82) is 0 Å². The first-order chi connectivity index (χ1) is 14.5. The fourth-order valence-electron chi connectivity index (χ4n) is 4.07. The van der Waals surface area contributed by atoms with Crippen LogP contribution in [0.1, 0.15) is 48.7 Å². The van der Waals surface area contributed by atoms with Crippen molar-refractivity contribution in [1.82, 2.24) is 10.2 Å². The quantitative estimate of drug-likeness (QED) is 0.814. The Balaban J connectivity index is 1.38. The fraction of sp³-hybridized carbons (Fsp3) is 0.478. The third-order valence-corrected chi connectivity index (χ3v) is 5.81. The van der Waals surface area contributed by atoms with Crippen LogP contribution in [0.25, 0.3) is 0 Å². The van der Waals surface area contributed by atoms with Crippen molar-refractivity contribution in [3.8, 4) is 11.5 Å². The van der Waals surface area contributed by atoms with Crippen LogP contribution in [0, 0.1) is 11.8 Å². The van der Waals surface area contributed by atoms with E-state index in [0.29, 0.717) is 44.7 Å². The second-order valence-corrected chi connectivity index (χ2v) is 8.21. The molecule has 1 fully saturated rings. The largest absolute Gasteiger partial charge is 0.486 e. The predicted octanol–water partition coefficient (Wildman–Crippen LogP) is 3.42. The van der Waals surface area contributed by atoms with Crippen molar-refractivity contribution in [3.05, 3.63) is 47.9 Å². The number of carbonyl (C=O) groups excluding carboxylic acids is 2. The normalized spacial score (nSPS) is 17.6. The molecule has 0 spiro atoms. The van der Waals surface area contributed by atoms with Crippen LogP contribution in [0.2, 0.25) is 0 Å². The molecule has 4 rings (SSSR count). The van der Waals surface area contributed by atoms with Gasteiger partial charge in [-0.05, 0) is 42.5 Å². The topological polar surface area (TPSA) is 81.0 Å². The summed E-state index contributed by atoms with van der Waals surface area (Å²) in [4.78, 5) is 27.2. The van der Waals surface area contributed by atoms with E-state index in [2.05, 4.69) is 19.2 Å². The highest BCUT2D eigenvalue weighted by Crippen LogP contribution is 2.34. The molecule has 160 valence electrons. The molecule has 7 heteroatoms. The van der Waals surface area contributed by atoms with Gasteiger partial charge in [-0.1, -0.05) is 19.9 Å². The van der Waals surface area contributed by atoms with Gasteiger partial charge in [0.2, 0.25) is 5.91 Å². The number of likely N-dealkylation sites (tertiary alicyclic amines) is 1. The minimum atomic E-state index is -0.112. The van der Waals surface area contributed by atoms with Crippen LogP contribution in [0.15, 0.2) is 41.2 Å². The van der Waals surface area contributed by atoms with Gasteiger partial charge in [0, 0.05) is 19.0 Å². The standard InChI is InChI=1S/C23H28N2O5/c1-15(2)21(17-3-4-19-20(13-17)30-12-11-29-19)24-22(26)16-5-8-25(9-6-16)23(27)18-7-10-28-14-18/h3-4,7,10,13-16,21H,5-6,8-9,11-12H2,1-2H3,(H,24,26). The number of furan rings is 1. The van der Waals surface area contributed by atoms with Gasteiger partial charge in [0.15, 0.2) is 11.5 Å². The lowest BCUT2D eigenvalue weighted by Crippen LogP contribution is -2.44. The van der Waals surface area contributed by atoms with Gasteiger partial charge in [-0.2, -0.15) is 0 Å². The minimum absolute atomic E-state index is 0.0407. The minimum Gasteiger partial charge on any atom is -0.486 e. The summed E-state index contributed by atoms with van der Waals surface area (Å²) in [6.07, 6.45) is 4.27. The maximum absolute atomic E-state index is 13.0. The molecule has 1 atom stereocenters. The van der Waals surface area contributed by atoms with E-state index < -0.39 is 0 Å². The molecular formula is C23H28N2O5. The van der Waals surface area contributed by atoms with Crippen LogP contribution in [-0.4, -0.2) is 43.0 Å². The summed E-state index contributed by atoms with van der Waals surface area (Å²) in [5.41, 5.74) is 1.56. The number of fused-ring (bicyclic) bond motifs is 1. The molecule has 0 saturated carbocycles. The smallest absolute Gasteiger partial charge is 0.257 e. The summed E-state index contributed by atoms with van der Waals surface area (Å²) >= 11 is 0. The molecule has 1 aromatic carbocycles. The molecule has 0 aliphatic carbocycles. The number of nitrogens with zero attached hydrogens (tertiary/aromatic N) is 1. The number of piperidine rings is 1. The molecule has 2 amide bonds. The molecular weight excluding hydrogens is 384 g/mol. The summed E-state index contributed by atoms with van der Waals surface area (Å²) in [6, 6.07) is 7.42. The van der Waals surface area contributed by atoms with Crippen LogP contribution >= 0.6 is 0 Å². The molecule has 1 unspecified atom stereocenters. The molecule has 2 aliphatic rings. The maximum Gasteiger partial charge on any atom is 0.257 e. The zero-order valence-corrected chi connectivity index (χ0v) is 17.4. The molecule has 0 bridgehead atoms. The number of benzene rings is 1. The van der Waals surface area contributed by atoms with Crippen molar-refractivity contribution in [3.63, 3.8) is 0 Å². The Bertz CT molecular complexity index is 885. The van der Waals surface area contributed by atoms with E-state index in [-0.39, 0.29) is 29.7 Å². The van der Waals surface area contributed by atoms with Gasteiger partial charge in [0.05, 0.1) is 17.9 Å². The van der Waals surface area contributed by atoms with E-state index in [4.69, 9.17) is 13.9 Å². The first-order valence-corrected chi connectivity index (χ1v) is 10.5. The van der Waals surface area contributed by atoms with Gasteiger partial charge >= 0.3 is 0 Å². The maximum atomic E-state index is 13.0. The molecule has 2 aliphatic heterocycles. The zero-order chi connectivity index (χ0) is 21.1. The number of nitrogens with one attached hydrogen (secondary N) is 1. The third-order valence-electron chi connectivity index (χ3n) is 5.81. The van der Waals surface area contributed by atoms with Gasteiger partial charge in [-0.3, -0.25) is 9.59 Å². The van der Waals surface area contributed by atoms with E-state index in [1.807, 2.05) is 18.2 Å². The molecule has 3 heterocycles. The van der Waals surface area contributed by atoms with Crippen LogP contribution < -0.4 is 14.8 Å². The number of amides is 2. The lowest BCUT2D eigenvalue weighted by atomic mass is 9.92. The summed E-state index contributed by atoms with van der Waals surface area (Å²) in [7, 11) is 0. The van der Waals surface area contributed by atoms with E-state index in [1.54, 1.807) is 11.0 Å². The average molecular weight is 412 g/mol. The molecule has 1 aromatic heterocycles. The Morgan fingerprint density at radius 1 is 1.07 bits per heavy atom. The summed E-state index contributed by atoms with van der Waals surface area (Å²) < 4.78 is 16.3. The van der Waals surface area contributed by atoms with Gasteiger partial charge in [0.25, 0.3) is 5.91 Å². The van der Waals surface area contributed by atoms with Crippen molar-refractivity contribution in [2.24, 2.45) is 11.8 Å². The Labute approximate surface area is 176 Å². The average Bonchev–Trinajstić information content (AvgIpc) is 3.31. The molecule has 1 saturated heterocycles. The molecule has 1 N–H and O–H groups in total. The lowest BCUT2D eigenvalue weighted by Gasteiger charge is -2.33. The van der Waals surface area contributed by atoms with Gasteiger partial charge in [-0.15, -0.1) is 0 Å². The number of carbonyl (C=O) groups is 2. The van der Waals surface area contributed by atoms with Crippen LogP contribution in [0.5, 0.6) is 11.5 Å². The van der Waals surface area contributed by atoms with Crippen LogP contribution in [0.4, 0.5) is 0 Å². The number of rotatable bonds is 5. The molecule has 7 nitrogen and oxygen atoms in total. The Kier molecular flexibility index (Phi) is 5.97. The van der Waals surface area contributed by atoms with Crippen LogP contribution in [-0.2, 0) is 4.79 Å². The van der Waals surface area contributed by atoms with Gasteiger partial charge in [0.1, 0.15) is 19.5 Å². The zero-order valence-electron chi connectivity index (χ0n) is 17.4. The first kappa shape index (κ1) is 20.3. The Hall–Kier alpha value is -2.96. The van der Waals surface area contributed by atoms with Crippen molar-refractivity contribution >= 4 is 11.8 Å². The second-order valence-electron chi connectivity index (χ2n) is 8.21. The fourth-order valence-corrected chi connectivity index (χ4v) is 4.07. The monoisotopic (exact) mass is 412 g/mol. The summed E-state index contributed by atoms with van der Waals surface area (Å²) in [5.74, 6) is 1.59.